The molecule has 0 bridgehead atoms. The summed E-state index contributed by atoms with van der Waals surface area (Å²) in [4.78, 5) is -0.0997. The summed E-state index contributed by atoms with van der Waals surface area (Å²) >= 11 is 5.67. The molecular formula is C14H11Cl2FO3S. The Morgan fingerprint density at radius 3 is 2.52 bits per heavy atom. The standard InChI is InChI=1S/C14H11Cl2FO3S/c1-9-2-5-13(14(6-9)21(16,18)19)20-8-10-3-4-12(17)11(15)7-10/h2-7H,8H2,1H3. The highest BCUT2D eigenvalue weighted by Crippen LogP contribution is 2.29. The summed E-state index contributed by atoms with van der Waals surface area (Å²) in [6, 6.07) is 8.79. The number of hydrogen-bond acceptors (Lipinski definition) is 3. The van der Waals surface area contributed by atoms with Crippen molar-refractivity contribution in [3.05, 3.63) is 58.4 Å². The third kappa shape index (κ3) is 4.09. The first-order valence-corrected chi connectivity index (χ1v) is 8.58. The molecule has 2 rings (SSSR count). The molecule has 0 aliphatic heterocycles. The van der Waals surface area contributed by atoms with Crippen LogP contribution in [-0.2, 0) is 15.7 Å². The van der Waals surface area contributed by atoms with E-state index in [4.69, 9.17) is 27.0 Å². The van der Waals surface area contributed by atoms with Crippen LogP contribution in [0.15, 0.2) is 41.3 Å². The molecule has 0 aromatic heterocycles. The summed E-state index contributed by atoms with van der Waals surface area (Å²) in [6.07, 6.45) is 0. The van der Waals surface area contributed by atoms with Crippen molar-refractivity contribution in [1.82, 2.24) is 0 Å². The van der Waals surface area contributed by atoms with Crippen LogP contribution in [0.4, 0.5) is 4.39 Å². The summed E-state index contributed by atoms with van der Waals surface area (Å²) < 4.78 is 41.6. The van der Waals surface area contributed by atoms with E-state index in [0.717, 1.165) is 5.56 Å². The van der Waals surface area contributed by atoms with E-state index in [1.165, 1.54) is 30.3 Å². The van der Waals surface area contributed by atoms with E-state index in [2.05, 4.69) is 0 Å². The van der Waals surface area contributed by atoms with Crippen LogP contribution in [0.5, 0.6) is 5.75 Å². The fourth-order valence-electron chi connectivity index (χ4n) is 1.72. The van der Waals surface area contributed by atoms with Crippen LogP contribution in [0.3, 0.4) is 0 Å². The molecule has 0 unspecified atom stereocenters. The van der Waals surface area contributed by atoms with E-state index in [0.29, 0.717) is 5.56 Å². The van der Waals surface area contributed by atoms with E-state index in [1.807, 2.05) is 0 Å². The first kappa shape index (κ1) is 16.1. The van der Waals surface area contributed by atoms with Gasteiger partial charge in [0, 0.05) is 10.7 Å². The van der Waals surface area contributed by atoms with Crippen molar-refractivity contribution < 1.29 is 17.5 Å². The first-order chi connectivity index (χ1) is 9.77. The Balaban J connectivity index is 2.26. The van der Waals surface area contributed by atoms with Crippen LogP contribution >= 0.6 is 22.3 Å². The van der Waals surface area contributed by atoms with E-state index in [1.54, 1.807) is 13.0 Å². The van der Waals surface area contributed by atoms with Crippen molar-refractivity contribution in [2.75, 3.05) is 0 Å². The van der Waals surface area contributed by atoms with Crippen LogP contribution in [0.25, 0.3) is 0 Å². The molecule has 0 spiro atoms. The van der Waals surface area contributed by atoms with Gasteiger partial charge in [0.2, 0.25) is 0 Å². The molecule has 3 nitrogen and oxygen atoms in total. The number of hydrogen-bond donors (Lipinski definition) is 0. The predicted octanol–water partition coefficient (Wildman–Crippen LogP) is 4.29. The summed E-state index contributed by atoms with van der Waals surface area (Å²) in [5, 5.41) is -0.0230. The van der Waals surface area contributed by atoms with Gasteiger partial charge in [-0.2, -0.15) is 0 Å². The highest BCUT2D eigenvalue weighted by molar-refractivity contribution is 8.13. The van der Waals surface area contributed by atoms with Crippen LogP contribution in [-0.4, -0.2) is 8.42 Å². The fraction of sp³-hybridized carbons (Fsp3) is 0.143. The molecule has 2 aromatic carbocycles. The third-order valence-electron chi connectivity index (χ3n) is 2.74. The molecular weight excluding hydrogens is 338 g/mol. The van der Waals surface area contributed by atoms with Crippen LogP contribution < -0.4 is 4.74 Å². The molecule has 21 heavy (non-hydrogen) atoms. The number of aryl methyl sites for hydroxylation is 1. The normalized spacial score (nSPS) is 11.4. The largest absolute Gasteiger partial charge is 0.487 e. The van der Waals surface area contributed by atoms with Gasteiger partial charge in [-0.15, -0.1) is 0 Å². The Morgan fingerprint density at radius 1 is 1.19 bits per heavy atom. The van der Waals surface area contributed by atoms with Gasteiger partial charge in [0.1, 0.15) is 23.1 Å². The zero-order valence-electron chi connectivity index (χ0n) is 10.9. The average molecular weight is 349 g/mol. The van der Waals surface area contributed by atoms with E-state index in [9.17, 15) is 12.8 Å². The maximum absolute atomic E-state index is 13.1. The number of rotatable bonds is 4. The smallest absolute Gasteiger partial charge is 0.264 e. The zero-order chi connectivity index (χ0) is 15.6. The maximum Gasteiger partial charge on any atom is 0.264 e. The van der Waals surface area contributed by atoms with Gasteiger partial charge < -0.3 is 4.74 Å². The molecule has 112 valence electrons. The van der Waals surface area contributed by atoms with Gasteiger partial charge in [0.25, 0.3) is 9.05 Å². The Morgan fingerprint density at radius 2 is 1.90 bits per heavy atom. The summed E-state index contributed by atoms with van der Waals surface area (Å²) in [5.41, 5.74) is 1.35. The quantitative estimate of drug-likeness (QED) is 0.774. The summed E-state index contributed by atoms with van der Waals surface area (Å²) in [5.74, 6) is -0.393. The lowest BCUT2D eigenvalue weighted by Gasteiger charge is -2.11. The Kier molecular flexibility index (Phi) is 4.76. The van der Waals surface area contributed by atoms with Crippen LogP contribution in [0.2, 0.25) is 5.02 Å². The van der Waals surface area contributed by atoms with E-state index in [-0.39, 0.29) is 22.3 Å². The van der Waals surface area contributed by atoms with Gasteiger partial charge in [-0.25, -0.2) is 12.8 Å². The molecule has 0 saturated heterocycles. The minimum Gasteiger partial charge on any atom is -0.487 e. The average Bonchev–Trinajstić information content (AvgIpc) is 2.40. The Labute approximate surface area is 131 Å². The molecule has 7 heteroatoms. The molecule has 0 radical (unpaired) electrons. The van der Waals surface area contributed by atoms with Crippen molar-refractivity contribution in [2.45, 2.75) is 18.4 Å². The van der Waals surface area contributed by atoms with Gasteiger partial charge in [-0.1, -0.05) is 23.7 Å². The molecule has 0 fully saturated rings. The first-order valence-electron chi connectivity index (χ1n) is 5.89. The van der Waals surface area contributed by atoms with Gasteiger partial charge in [0.05, 0.1) is 5.02 Å². The lowest BCUT2D eigenvalue weighted by Crippen LogP contribution is -2.01. The summed E-state index contributed by atoms with van der Waals surface area (Å²) in [7, 11) is 1.47. The van der Waals surface area contributed by atoms with Gasteiger partial charge in [-0.3, -0.25) is 0 Å². The Bertz CT molecular complexity index is 776. The van der Waals surface area contributed by atoms with Crippen molar-refractivity contribution in [2.24, 2.45) is 0 Å². The highest BCUT2D eigenvalue weighted by atomic mass is 35.7. The molecule has 0 saturated carbocycles. The highest BCUT2D eigenvalue weighted by Gasteiger charge is 2.17. The number of halogens is 3. The fourth-order valence-corrected chi connectivity index (χ4v) is 2.97. The second-order valence-electron chi connectivity index (χ2n) is 4.43. The molecule has 0 atom stereocenters. The monoisotopic (exact) mass is 348 g/mol. The lowest BCUT2D eigenvalue weighted by molar-refractivity contribution is 0.298. The number of benzene rings is 2. The second kappa shape index (κ2) is 6.22. The van der Waals surface area contributed by atoms with E-state index < -0.39 is 14.9 Å². The molecule has 0 heterocycles. The van der Waals surface area contributed by atoms with Crippen LogP contribution in [0.1, 0.15) is 11.1 Å². The van der Waals surface area contributed by atoms with Crippen molar-refractivity contribution in [3.63, 3.8) is 0 Å². The molecule has 0 aliphatic rings. The van der Waals surface area contributed by atoms with Gasteiger partial charge in [0.15, 0.2) is 0 Å². The van der Waals surface area contributed by atoms with Crippen molar-refractivity contribution >= 4 is 31.3 Å². The molecule has 0 aliphatic carbocycles. The zero-order valence-corrected chi connectivity index (χ0v) is 13.3. The van der Waals surface area contributed by atoms with Crippen molar-refractivity contribution in [3.8, 4) is 5.75 Å². The maximum atomic E-state index is 13.1. The van der Waals surface area contributed by atoms with E-state index >= 15 is 0 Å². The molecule has 0 amide bonds. The SMILES string of the molecule is Cc1ccc(OCc2ccc(F)c(Cl)c2)c(S(=O)(=O)Cl)c1. The second-order valence-corrected chi connectivity index (χ2v) is 7.37. The minimum absolute atomic E-state index is 0.0230. The minimum atomic E-state index is -3.91. The van der Waals surface area contributed by atoms with Crippen LogP contribution in [0, 0.1) is 12.7 Å². The predicted molar refractivity (Wildman–Crippen MR) is 80.0 cm³/mol. The van der Waals surface area contributed by atoms with Gasteiger partial charge in [-0.05, 0) is 42.3 Å². The summed E-state index contributed by atoms with van der Waals surface area (Å²) in [6.45, 7) is 1.79. The topological polar surface area (TPSA) is 43.4 Å². The third-order valence-corrected chi connectivity index (χ3v) is 4.37. The molecule has 2 aromatic rings. The van der Waals surface area contributed by atoms with Gasteiger partial charge >= 0.3 is 0 Å². The lowest BCUT2D eigenvalue weighted by atomic mass is 10.2. The van der Waals surface area contributed by atoms with Crippen molar-refractivity contribution in [1.29, 1.82) is 0 Å². The Hall–Kier alpha value is -1.30. The number of ether oxygens (including phenoxy) is 1. The molecule has 0 N–H and O–H groups in total.